The summed E-state index contributed by atoms with van der Waals surface area (Å²) >= 11 is 0. The molecule has 0 saturated carbocycles. The van der Waals surface area contributed by atoms with Gasteiger partial charge in [-0.2, -0.15) is 0 Å². The minimum absolute atomic E-state index is 0.770. The summed E-state index contributed by atoms with van der Waals surface area (Å²) in [4.78, 5) is 25.2. The summed E-state index contributed by atoms with van der Waals surface area (Å²) in [5, 5.41) is 19.0. The standard InChI is InChI=1S/C5H9O12P3/c6-3-2(1-14-20(11,12)13)15-5(4(3)7)16-19(10)17-18(8)9/h2-7H,1H2,(H-2,8,9,11,12,13)/p+2/t2-,3-,4-,5-/m1/s1. The second-order valence-corrected chi connectivity index (χ2v) is 6.49. The summed E-state index contributed by atoms with van der Waals surface area (Å²) in [7, 11) is -11.1. The first kappa shape index (κ1) is 18.1. The van der Waals surface area contributed by atoms with Crippen LogP contribution in [0.5, 0.6) is 0 Å². The lowest BCUT2D eigenvalue weighted by Gasteiger charge is -2.14. The first-order chi connectivity index (χ1) is 9.10. The van der Waals surface area contributed by atoms with Crippen LogP contribution in [0, 0.1) is 0 Å². The van der Waals surface area contributed by atoms with Crippen molar-refractivity contribution >= 4 is 24.3 Å². The molecule has 0 aromatic rings. The molecular weight excluding hydrogens is 345 g/mol. The van der Waals surface area contributed by atoms with Crippen molar-refractivity contribution in [1.29, 1.82) is 0 Å². The lowest BCUT2D eigenvalue weighted by molar-refractivity contribution is -0.115. The summed E-state index contributed by atoms with van der Waals surface area (Å²) in [6.07, 6.45) is -6.42. The van der Waals surface area contributed by atoms with Crippen LogP contribution in [0.1, 0.15) is 0 Å². The first-order valence-electron chi connectivity index (χ1n) is 4.80. The Kier molecular flexibility index (Phi) is 6.68. The highest BCUT2D eigenvalue weighted by Crippen LogP contribution is 2.41. The van der Waals surface area contributed by atoms with Crippen LogP contribution in [-0.4, -0.2) is 56.1 Å². The van der Waals surface area contributed by atoms with Gasteiger partial charge in [-0.3, -0.25) is 4.52 Å². The Morgan fingerprint density at radius 2 is 1.80 bits per heavy atom. The second-order valence-electron chi connectivity index (χ2n) is 3.46. The fraction of sp³-hybridized carbons (Fsp3) is 1.00. The maximum absolute atomic E-state index is 11.0. The van der Waals surface area contributed by atoms with Crippen molar-refractivity contribution in [2.75, 3.05) is 6.61 Å². The molecule has 0 bridgehead atoms. The number of hydrogen-bond acceptors (Lipinski definition) is 9. The smallest absolute Gasteiger partial charge is 0.387 e. The van der Waals surface area contributed by atoms with Crippen LogP contribution >= 0.6 is 24.3 Å². The van der Waals surface area contributed by atoms with Crippen LogP contribution in [0.25, 0.3) is 0 Å². The van der Waals surface area contributed by atoms with Gasteiger partial charge in [0, 0.05) is 9.13 Å². The molecule has 15 heteroatoms. The van der Waals surface area contributed by atoms with Crippen molar-refractivity contribution in [1.82, 2.24) is 0 Å². The van der Waals surface area contributed by atoms with Crippen LogP contribution < -0.4 is 0 Å². The molecule has 0 spiro atoms. The largest absolute Gasteiger partial charge is 0.750 e. The van der Waals surface area contributed by atoms with E-state index in [0.717, 1.165) is 0 Å². The van der Waals surface area contributed by atoms with Gasteiger partial charge in [0.25, 0.3) is 0 Å². The quantitative estimate of drug-likeness (QED) is 0.346. The normalized spacial score (nSPS) is 32.2. The molecule has 5 N–H and O–H groups in total. The Labute approximate surface area is 113 Å². The monoisotopic (exact) mass is 356 g/mol. The predicted octanol–water partition coefficient (Wildman–Crippen LogP) is -1.12. The highest BCUT2D eigenvalue weighted by atomic mass is 31.2. The minimum Gasteiger partial charge on any atom is -0.387 e. The van der Waals surface area contributed by atoms with Gasteiger partial charge in [0.15, 0.2) is 4.31 Å². The molecule has 0 aromatic heterocycles. The molecule has 1 fully saturated rings. The van der Waals surface area contributed by atoms with Crippen molar-refractivity contribution in [3.05, 3.63) is 0 Å². The van der Waals surface area contributed by atoms with Gasteiger partial charge in [-0.05, 0) is 0 Å². The Balaban J connectivity index is 2.53. The molecule has 1 aliphatic rings. The maximum Gasteiger partial charge on any atom is 0.750 e. The molecule has 1 rings (SSSR count). The minimum atomic E-state index is -4.80. The highest BCUT2D eigenvalue weighted by Gasteiger charge is 2.51. The van der Waals surface area contributed by atoms with E-state index in [2.05, 4.69) is 13.4 Å². The lowest BCUT2D eigenvalue weighted by Crippen LogP contribution is -2.34. The molecule has 0 radical (unpaired) electrons. The molecule has 2 unspecified atom stereocenters. The number of aliphatic hydroxyl groups excluding tert-OH is 2. The fourth-order valence-electron chi connectivity index (χ4n) is 1.27. The third-order valence-electron chi connectivity index (χ3n) is 2.05. The zero-order chi connectivity index (χ0) is 15.5. The number of phosphoric acid groups is 1. The van der Waals surface area contributed by atoms with Gasteiger partial charge in [-0.15, -0.1) is 4.89 Å². The third-order valence-corrected chi connectivity index (χ3v) is 4.01. The molecular formula is C5H11O12P3+2. The summed E-state index contributed by atoms with van der Waals surface area (Å²) in [6.45, 7) is -0.770. The van der Waals surface area contributed by atoms with Gasteiger partial charge in [-0.25, -0.2) is 4.57 Å². The van der Waals surface area contributed by atoms with Gasteiger partial charge in [0.1, 0.15) is 18.3 Å². The van der Waals surface area contributed by atoms with Crippen LogP contribution in [0.15, 0.2) is 0 Å². The van der Waals surface area contributed by atoms with Crippen LogP contribution in [0.2, 0.25) is 0 Å². The van der Waals surface area contributed by atoms with Gasteiger partial charge in [-0.1, -0.05) is 4.52 Å². The van der Waals surface area contributed by atoms with E-state index < -0.39 is 55.5 Å². The molecule has 20 heavy (non-hydrogen) atoms. The van der Waals surface area contributed by atoms with Crippen molar-refractivity contribution < 1.29 is 56.7 Å². The maximum atomic E-state index is 11.0. The Hall–Kier alpha value is 0.0700. The Morgan fingerprint density at radius 1 is 1.20 bits per heavy atom. The Morgan fingerprint density at radius 3 is 2.30 bits per heavy atom. The van der Waals surface area contributed by atoms with E-state index in [-0.39, 0.29) is 0 Å². The van der Waals surface area contributed by atoms with Crippen molar-refractivity contribution in [3.8, 4) is 0 Å². The topological polar surface area (TPSA) is 189 Å². The predicted molar refractivity (Wildman–Crippen MR) is 58.3 cm³/mol. The molecule has 1 heterocycles. The average molecular weight is 356 g/mol. The average Bonchev–Trinajstić information content (AvgIpc) is 2.52. The van der Waals surface area contributed by atoms with Gasteiger partial charge in [0.05, 0.1) is 6.61 Å². The number of aliphatic hydroxyl groups is 2. The van der Waals surface area contributed by atoms with E-state index in [4.69, 9.17) is 19.4 Å². The zero-order valence-corrected chi connectivity index (χ0v) is 12.1. The molecule has 1 saturated heterocycles. The van der Waals surface area contributed by atoms with Crippen LogP contribution in [0.4, 0.5) is 0 Å². The first-order valence-corrected chi connectivity index (χ1v) is 8.55. The van der Waals surface area contributed by atoms with E-state index in [1.165, 1.54) is 0 Å². The number of rotatable bonds is 7. The van der Waals surface area contributed by atoms with E-state index in [0.29, 0.717) is 0 Å². The summed E-state index contributed by atoms with van der Waals surface area (Å²) in [5.41, 5.74) is 0. The number of ether oxygens (including phenoxy) is 1. The second kappa shape index (κ2) is 7.37. The SMILES string of the molecule is O=[P+](O)O[P+](=O)O[C@H]1O[C@H](COP(=O)(O)O)[C@@H](O)[C@H]1O. The molecule has 0 amide bonds. The van der Waals surface area contributed by atoms with Gasteiger partial charge < -0.3 is 24.7 Å². The zero-order valence-electron chi connectivity index (χ0n) is 9.45. The number of phosphoric ester groups is 1. The van der Waals surface area contributed by atoms with E-state index in [1.807, 2.05) is 0 Å². The molecule has 6 atom stereocenters. The fourth-order valence-corrected chi connectivity index (χ4v) is 2.57. The van der Waals surface area contributed by atoms with E-state index in [1.54, 1.807) is 0 Å². The lowest BCUT2D eigenvalue weighted by atomic mass is 10.1. The summed E-state index contributed by atoms with van der Waals surface area (Å²) < 4.78 is 48.9. The van der Waals surface area contributed by atoms with Crippen LogP contribution in [-0.2, 0) is 31.8 Å². The number of hydrogen-bond donors (Lipinski definition) is 5. The summed E-state index contributed by atoms with van der Waals surface area (Å²) in [6, 6.07) is 0. The third kappa shape index (κ3) is 5.82. The van der Waals surface area contributed by atoms with Crippen molar-refractivity contribution in [2.24, 2.45) is 0 Å². The van der Waals surface area contributed by atoms with E-state index in [9.17, 15) is 23.9 Å². The molecule has 0 aromatic carbocycles. The van der Waals surface area contributed by atoms with Crippen LogP contribution in [0.3, 0.4) is 0 Å². The van der Waals surface area contributed by atoms with Gasteiger partial charge >= 0.3 is 24.3 Å². The van der Waals surface area contributed by atoms with Crippen molar-refractivity contribution in [2.45, 2.75) is 24.6 Å². The summed E-state index contributed by atoms with van der Waals surface area (Å²) in [5.74, 6) is 0. The van der Waals surface area contributed by atoms with Crippen molar-refractivity contribution in [3.63, 3.8) is 0 Å². The van der Waals surface area contributed by atoms with E-state index >= 15 is 0 Å². The molecule has 12 nitrogen and oxygen atoms in total. The van der Waals surface area contributed by atoms with Gasteiger partial charge in [0.2, 0.25) is 6.29 Å². The highest BCUT2D eigenvalue weighted by molar-refractivity contribution is 7.47. The molecule has 1 aliphatic heterocycles. The Bertz CT molecular complexity index is 419. The molecule has 0 aliphatic carbocycles. The molecule has 116 valence electrons.